The van der Waals surface area contributed by atoms with Gasteiger partial charge >= 0.3 is 6.18 Å². The van der Waals surface area contributed by atoms with Gasteiger partial charge in [-0.05, 0) is 42.0 Å². The summed E-state index contributed by atoms with van der Waals surface area (Å²) in [6, 6.07) is 16.2. The number of nitrogens with two attached hydrogens (primary N) is 1. The standard InChI is InChI=1S/C26H20F3N5O.CH3NO/c1-33(16-35)24-15-32-23-9-7-17(18-6-8-20(10-11-30)31-14-18)12-22(23)25(24)34(2)21-5-3-4-19(13-21)26(27,28)29;2-1-3/h3-9,12-16H,10H2,1-2H3;1H,(H2,2,3). The van der Waals surface area contributed by atoms with E-state index in [-0.39, 0.29) is 12.8 Å². The quantitative estimate of drug-likeness (QED) is 0.364. The van der Waals surface area contributed by atoms with Crippen LogP contribution in [0, 0.1) is 11.3 Å². The van der Waals surface area contributed by atoms with Crippen LogP contribution in [0.5, 0.6) is 0 Å². The van der Waals surface area contributed by atoms with Crippen LogP contribution >= 0.6 is 0 Å². The van der Waals surface area contributed by atoms with Crippen molar-refractivity contribution < 1.29 is 22.8 Å². The lowest BCUT2D eigenvalue weighted by atomic mass is 10.0. The second-order valence-corrected chi connectivity index (χ2v) is 8.06. The Bertz CT molecular complexity index is 1480. The average molecular weight is 521 g/mol. The Morgan fingerprint density at radius 2 is 1.71 bits per heavy atom. The van der Waals surface area contributed by atoms with Crippen molar-refractivity contribution in [2.24, 2.45) is 5.73 Å². The summed E-state index contributed by atoms with van der Waals surface area (Å²) in [5.41, 5.74) is 7.54. The SMILES string of the molecule is CN(C=O)c1cnc2ccc(-c3ccc(CC#N)nc3)cc2c1N(C)c1cccc(C(F)(F)F)c1.NC=O. The van der Waals surface area contributed by atoms with Crippen LogP contribution in [0.3, 0.4) is 0 Å². The number of hydrogen-bond donors (Lipinski definition) is 1. The number of pyridine rings is 2. The van der Waals surface area contributed by atoms with Gasteiger partial charge in [0.2, 0.25) is 12.8 Å². The highest BCUT2D eigenvalue weighted by atomic mass is 19.4. The fraction of sp³-hybridized carbons (Fsp3) is 0.148. The molecule has 38 heavy (non-hydrogen) atoms. The smallest absolute Gasteiger partial charge is 0.372 e. The van der Waals surface area contributed by atoms with E-state index in [9.17, 15) is 18.0 Å². The molecule has 4 aromatic rings. The summed E-state index contributed by atoms with van der Waals surface area (Å²) in [7, 11) is 3.21. The molecule has 0 fully saturated rings. The molecule has 2 amide bonds. The lowest BCUT2D eigenvalue weighted by Crippen LogP contribution is -2.20. The van der Waals surface area contributed by atoms with Crippen LogP contribution in [0.15, 0.2) is 67.0 Å². The normalized spacial score (nSPS) is 10.6. The molecule has 11 heteroatoms. The molecule has 0 aliphatic carbocycles. The van der Waals surface area contributed by atoms with Gasteiger partial charge in [-0.1, -0.05) is 18.2 Å². The molecule has 0 aliphatic heterocycles. The van der Waals surface area contributed by atoms with Crippen LogP contribution in [-0.2, 0) is 22.2 Å². The third-order valence-corrected chi connectivity index (χ3v) is 5.67. The summed E-state index contributed by atoms with van der Waals surface area (Å²) < 4.78 is 40.1. The van der Waals surface area contributed by atoms with E-state index in [1.165, 1.54) is 17.2 Å². The highest BCUT2D eigenvalue weighted by molar-refractivity contribution is 6.04. The molecule has 0 atom stereocenters. The number of alkyl halides is 3. The first-order valence-corrected chi connectivity index (χ1v) is 11.1. The minimum absolute atomic E-state index is 0.204. The van der Waals surface area contributed by atoms with Gasteiger partial charge in [0, 0.05) is 36.9 Å². The van der Waals surface area contributed by atoms with Crippen LogP contribution in [0.4, 0.5) is 30.2 Å². The Morgan fingerprint density at radius 3 is 2.32 bits per heavy atom. The molecule has 0 bridgehead atoms. The van der Waals surface area contributed by atoms with E-state index in [4.69, 9.17) is 10.1 Å². The van der Waals surface area contributed by atoms with Crippen molar-refractivity contribution >= 4 is 40.8 Å². The van der Waals surface area contributed by atoms with Gasteiger partial charge in [0.1, 0.15) is 0 Å². The average Bonchev–Trinajstić information content (AvgIpc) is 2.92. The summed E-state index contributed by atoms with van der Waals surface area (Å²) >= 11 is 0. The fourth-order valence-electron chi connectivity index (χ4n) is 3.82. The minimum atomic E-state index is -4.49. The molecule has 4 rings (SSSR count). The first-order valence-electron chi connectivity index (χ1n) is 11.1. The highest BCUT2D eigenvalue weighted by Crippen LogP contribution is 2.41. The topological polar surface area (TPSA) is 116 Å². The number of hydrogen-bond acceptors (Lipinski definition) is 6. The number of benzene rings is 2. The van der Waals surface area contributed by atoms with Gasteiger partial charge in [-0.3, -0.25) is 19.6 Å². The minimum Gasteiger partial charge on any atom is -0.372 e. The molecule has 0 radical (unpaired) electrons. The van der Waals surface area contributed by atoms with E-state index in [2.05, 4.69) is 21.8 Å². The lowest BCUT2D eigenvalue weighted by Gasteiger charge is -2.27. The zero-order chi connectivity index (χ0) is 27.9. The van der Waals surface area contributed by atoms with Crippen LogP contribution in [0.25, 0.3) is 22.0 Å². The third-order valence-electron chi connectivity index (χ3n) is 5.67. The van der Waals surface area contributed by atoms with E-state index in [1.54, 1.807) is 37.3 Å². The largest absolute Gasteiger partial charge is 0.416 e. The van der Waals surface area contributed by atoms with E-state index in [1.807, 2.05) is 24.3 Å². The molecular formula is C27H23F3N6O2. The number of rotatable bonds is 6. The van der Waals surface area contributed by atoms with Crippen LogP contribution < -0.4 is 15.5 Å². The first kappa shape index (κ1) is 27.6. The number of halogens is 3. The van der Waals surface area contributed by atoms with E-state index in [0.29, 0.717) is 40.1 Å². The Balaban J connectivity index is 0.00000127. The van der Waals surface area contributed by atoms with Gasteiger partial charge in [-0.2, -0.15) is 18.4 Å². The highest BCUT2D eigenvalue weighted by Gasteiger charge is 2.31. The molecule has 8 nitrogen and oxygen atoms in total. The summed E-state index contributed by atoms with van der Waals surface area (Å²) in [6.07, 6.45) is -0.229. The van der Waals surface area contributed by atoms with Gasteiger partial charge in [0.25, 0.3) is 0 Å². The Kier molecular flexibility index (Phi) is 8.60. The maximum Gasteiger partial charge on any atom is 0.416 e. The predicted octanol–water partition coefficient (Wildman–Crippen LogP) is 4.84. The predicted molar refractivity (Wildman–Crippen MR) is 139 cm³/mol. The van der Waals surface area contributed by atoms with Gasteiger partial charge in [-0.15, -0.1) is 0 Å². The number of primary amides is 1. The molecule has 194 valence electrons. The van der Waals surface area contributed by atoms with Crippen LogP contribution in [-0.4, -0.2) is 36.9 Å². The maximum atomic E-state index is 13.4. The van der Waals surface area contributed by atoms with Gasteiger partial charge in [-0.25, -0.2) is 0 Å². The second kappa shape index (κ2) is 11.8. The fourth-order valence-corrected chi connectivity index (χ4v) is 3.82. The molecule has 2 aromatic heterocycles. The lowest BCUT2D eigenvalue weighted by molar-refractivity contribution is -0.137. The summed E-state index contributed by atoms with van der Waals surface area (Å²) in [5.74, 6) is 0. The molecule has 2 aromatic carbocycles. The molecular weight excluding hydrogens is 497 g/mol. The van der Waals surface area contributed by atoms with Gasteiger partial charge in [0.15, 0.2) is 0 Å². The molecule has 2 N–H and O–H groups in total. The third kappa shape index (κ3) is 6.04. The number of fused-ring (bicyclic) bond motifs is 1. The van der Waals surface area contributed by atoms with Crippen molar-refractivity contribution in [3.05, 3.63) is 78.2 Å². The van der Waals surface area contributed by atoms with Crippen molar-refractivity contribution in [2.45, 2.75) is 12.6 Å². The summed E-state index contributed by atoms with van der Waals surface area (Å²) in [6.45, 7) is 0. The van der Waals surface area contributed by atoms with Crippen molar-refractivity contribution in [1.29, 1.82) is 5.26 Å². The van der Waals surface area contributed by atoms with Crippen molar-refractivity contribution in [1.82, 2.24) is 9.97 Å². The molecule has 0 spiro atoms. The number of carbonyl (C=O) groups is 2. The molecule has 2 heterocycles. The maximum absolute atomic E-state index is 13.4. The monoisotopic (exact) mass is 520 g/mol. The molecule has 0 saturated heterocycles. The number of carbonyl (C=O) groups excluding carboxylic acids is 2. The van der Waals surface area contributed by atoms with E-state index < -0.39 is 11.7 Å². The zero-order valence-corrected chi connectivity index (χ0v) is 20.5. The first-order chi connectivity index (χ1) is 18.1. The number of nitrogens with zero attached hydrogens (tertiary/aromatic N) is 5. The second-order valence-electron chi connectivity index (χ2n) is 8.06. The summed E-state index contributed by atoms with van der Waals surface area (Å²) in [5, 5.41) is 9.51. The number of anilines is 3. The summed E-state index contributed by atoms with van der Waals surface area (Å²) in [4.78, 5) is 31.9. The van der Waals surface area contributed by atoms with Crippen LogP contribution in [0.2, 0.25) is 0 Å². The van der Waals surface area contributed by atoms with Crippen LogP contribution in [0.1, 0.15) is 11.3 Å². The number of amides is 2. The Labute approximate surface area is 216 Å². The van der Waals surface area contributed by atoms with Crippen molar-refractivity contribution in [2.75, 3.05) is 23.9 Å². The molecule has 0 aliphatic rings. The van der Waals surface area contributed by atoms with E-state index in [0.717, 1.165) is 23.3 Å². The zero-order valence-electron chi connectivity index (χ0n) is 20.5. The number of nitriles is 1. The van der Waals surface area contributed by atoms with E-state index >= 15 is 0 Å². The molecule has 0 saturated carbocycles. The van der Waals surface area contributed by atoms with Gasteiger partial charge < -0.3 is 15.5 Å². The Morgan fingerprint density at radius 1 is 1.00 bits per heavy atom. The molecule has 0 unspecified atom stereocenters. The van der Waals surface area contributed by atoms with Gasteiger partial charge in [0.05, 0.1) is 46.8 Å². The van der Waals surface area contributed by atoms with Crippen molar-refractivity contribution in [3.8, 4) is 17.2 Å². The Hall–Kier alpha value is -4.98. The van der Waals surface area contributed by atoms with Crippen molar-refractivity contribution in [3.63, 3.8) is 0 Å². The number of aromatic nitrogens is 2.